The Morgan fingerprint density at radius 1 is 1.24 bits per heavy atom. The van der Waals surface area contributed by atoms with E-state index in [9.17, 15) is 9.59 Å². The van der Waals surface area contributed by atoms with Crippen molar-refractivity contribution in [3.8, 4) is 0 Å². The van der Waals surface area contributed by atoms with Crippen molar-refractivity contribution in [2.45, 2.75) is 70.5 Å². The zero-order valence-electron chi connectivity index (χ0n) is 15.2. The molecule has 3 fully saturated rings. The average Bonchev–Trinajstić information content (AvgIpc) is 3.33. The summed E-state index contributed by atoms with van der Waals surface area (Å²) in [7, 11) is 0. The standard InChI is InChI=1S/C20H29N3O2/c1-11-4-3-5-14-10-15(21-17(11)14)20(25)23-19(13-7-8-13)18-12(2)6-9-16(24)22-18/h6,9,11,13-15,17,19,21H,3-5,7-8,10H2,1-2H3,(H,22,24)(H,23,25). The van der Waals surface area contributed by atoms with Gasteiger partial charge in [0.2, 0.25) is 11.5 Å². The number of amides is 1. The summed E-state index contributed by atoms with van der Waals surface area (Å²) in [5.74, 6) is 1.84. The Hall–Kier alpha value is -1.62. The summed E-state index contributed by atoms with van der Waals surface area (Å²) in [6, 6.07) is 3.73. The Bertz CT molecular complexity index is 709. The predicted molar refractivity (Wildman–Crippen MR) is 97.2 cm³/mol. The molecule has 3 aliphatic rings. The van der Waals surface area contributed by atoms with Crippen LogP contribution in [0.4, 0.5) is 0 Å². The summed E-state index contributed by atoms with van der Waals surface area (Å²) in [4.78, 5) is 27.7. The quantitative estimate of drug-likeness (QED) is 0.786. The number of pyridine rings is 1. The molecule has 5 heteroatoms. The molecule has 136 valence electrons. The van der Waals surface area contributed by atoms with E-state index in [1.54, 1.807) is 6.07 Å². The fourth-order valence-corrected chi connectivity index (χ4v) is 4.87. The van der Waals surface area contributed by atoms with Crippen molar-refractivity contribution in [1.82, 2.24) is 15.6 Å². The van der Waals surface area contributed by atoms with Gasteiger partial charge in [-0.25, -0.2) is 0 Å². The Labute approximate surface area is 149 Å². The van der Waals surface area contributed by atoms with Crippen LogP contribution in [-0.4, -0.2) is 23.0 Å². The highest BCUT2D eigenvalue weighted by Gasteiger charge is 2.43. The molecule has 1 saturated heterocycles. The Morgan fingerprint density at radius 3 is 2.76 bits per heavy atom. The average molecular weight is 343 g/mol. The number of fused-ring (bicyclic) bond motifs is 1. The van der Waals surface area contributed by atoms with Crippen LogP contribution in [-0.2, 0) is 4.79 Å². The zero-order valence-corrected chi connectivity index (χ0v) is 15.2. The molecule has 0 radical (unpaired) electrons. The van der Waals surface area contributed by atoms with Gasteiger partial charge in [0.1, 0.15) is 0 Å². The van der Waals surface area contributed by atoms with Gasteiger partial charge < -0.3 is 15.6 Å². The van der Waals surface area contributed by atoms with Crippen LogP contribution in [0.1, 0.15) is 62.7 Å². The first kappa shape index (κ1) is 16.8. The maximum Gasteiger partial charge on any atom is 0.248 e. The minimum Gasteiger partial charge on any atom is -0.346 e. The molecule has 1 aliphatic heterocycles. The van der Waals surface area contributed by atoms with Crippen molar-refractivity contribution in [2.24, 2.45) is 17.8 Å². The molecular weight excluding hydrogens is 314 g/mol. The van der Waals surface area contributed by atoms with Crippen LogP contribution in [0.2, 0.25) is 0 Å². The molecule has 3 N–H and O–H groups in total. The molecule has 4 rings (SSSR count). The van der Waals surface area contributed by atoms with Crippen LogP contribution < -0.4 is 16.2 Å². The number of aromatic amines is 1. The monoisotopic (exact) mass is 343 g/mol. The summed E-state index contributed by atoms with van der Waals surface area (Å²) in [5.41, 5.74) is 1.82. The minimum atomic E-state index is -0.0978. The summed E-state index contributed by atoms with van der Waals surface area (Å²) in [6.07, 6.45) is 6.96. The highest BCUT2D eigenvalue weighted by Crippen LogP contribution is 2.42. The summed E-state index contributed by atoms with van der Waals surface area (Å²) in [5, 5.41) is 6.86. The van der Waals surface area contributed by atoms with Gasteiger partial charge in [0.05, 0.1) is 12.1 Å². The molecule has 5 atom stereocenters. The molecule has 5 unspecified atom stereocenters. The van der Waals surface area contributed by atoms with Gasteiger partial charge in [-0.3, -0.25) is 9.59 Å². The summed E-state index contributed by atoms with van der Waals surface area (Å²) in [6.45, 7) is 4.30. The number of hydrogen-bond acceptors (Lipinski definition) is 3. The maximum absolute atomic E-state index is 12.9. The molecule has 2 saturated carbocycles. The molecule has 1 aromatic heterocycles. The van der Waals surface area contributed by atoms with E-state index < -0.39 is 0 Å². The molecule has 1 amide bonds. The number of hydrogen-bond donors (Lipinski definition) is 3. The van der Waals surface area contributed by atoms with Crippen molar-refractivity contribution in [2.75, 3.05) is 0 Å². The van der Waals surface area contributed by atoms with Crippen LogP contribution in [0.15, 0.2) is 16.9 Å². The van der Waals surface area contributed by atoms with Crippen molar-refractivity contribution < 1.29 is 4.79 Å². The SMILES string of the molecule is Cc1ccc(=O)[nH]c1C(NC(=O)C1CC2CCCC(C)C2N1)C1CC1. The Balaban J connectivity index is 1.49. The van der Waals surface area contributed by atoms with Gasteiger partial charge in [0.25, 0.3) is 0 Å². The van der Waals surface area contributed by atoms with E-state index in [1.165, 1.54) is 19.3 Å². The normalized spacial score (nSPS) is 32.9. The van der Waals surface area contributed by atoms with E-state index >= 15 is 0 Å². The van der Waals surface area contributed by atoms with E-state index in [0.717, 1.165) is 30.5 Å². The van der Waals surface area contributed by atoms with Gasteiger partial charge in [-0.2, -0.15) is 0 Å². The molecular formula is C20H29N3O2. The second-order valence-electron chi connectivity index (χ2n) is 8.39. The fourth-order valence-electron chi connectivity index (χ4n) is 4.87. The lowest BCUT2D eigenvalue weighted by Gasteiger charge is -2.31. The van der Waals surface area contributed by atoms with Crippen molar-refractivity contribution in [1.29, 1.82) is 0 Å². The number of H-pyrrole nitrogens is 1. The molecule has 2 aliphatic carbocycles. The van der Waals surface area contributed by atoms with E-state index in [0.29, 0.717) is 23.8 Å². The van der Waals surface area contributed by atoms with Gasteiger partial charge in [0.15, 0.2) is 0 Å². The number of carbonyl (C=O) groups excluding carboxylic acids is 1. The fraction of sp³-hybridized carbons (Fsp3) is 0.700. The highest BCUT2D eigenvalue weighted by atomic mass is 16.2. The van der Waals surface area contributed by atoms with Crippen LogP contribution in [0.3, 0.4) is 0 Å². The second-order valence-corrected chi connectivity index (χ2v) is 8.39. The van der Waals surface area contributed by atoms with Gasteiger partial charge >= 0.3 is 0 Å². The Kier molecular flexibility index (Phi) is 4.44. The first-order chi connectivity index (χ1) is 12.0. The van der Waals surface area contributed by atoms with Crippen molar-refractivity contribution >= 4 is 5.91 Å². The Morgan fingerprint density at radius 2 is 2.04 bits per heavy atom. The second kappa shape index (κ2) is 6.60. The molecule has 25 heavy (non-hydrogen) atoms. The summed E-state index contributed by atoms with van der Waals surface area (Å²) < 4.78 is 0. The lowest BCUT2D eigenvalue weighted by Crippen LogP contribution is -2.46. The smallest absolute Gasteiger partial charge is 0.248 e. The van der Waals surface area contributed by atoms with Crippen LogP contribution in [0.25, 0.3) is 0 Å². The van der Waals surface area contributed by atoms with Crippen LogP contribution in [0.5, 0.6) is 0 Å². The molecule has 0 bridgehead atoms. The highest BCUT2D eigenvalue weighted by molar-refractivity contribution is 5.82. The third-order valence-electron chi connectivity index (χ3n) is 6.47. The van der Waals surface area contributed by atoms with Crippen LogP contribution in [0, 0.1) is 24.7 Å². The molecule has 0 spiro atoms. The molecule has 1 aromatic rings. The van der Waals surface area contributed by atoms with Crippen molar-refractivity contribution in [3.05, 3.63) is 33.7 Å². The maximum atomic E-state index is 12.9. The topological polar surface area (TPSA) is 74.0 Å². The number of aromatic nitrogens is 1. The molecule has 0 aromatic carbocycles. The number of nitrogens with one attached hydrogen (secondary N) is 3. The molecule has 2 heterocycles. The van der Waals surface area contributed by atoms with Gasteiger partial charge in [-0.15, -0.1) is 0 Å². The first-order valence-electron chi connectivity index (χ1n) is 9.79. The number of rotatable bonds is 4. The predicted octanol–water partition coefficient (Wildman–Crippen LogP) is 2.42. The van der Waals surface area contributed by atoms with Gasteiger partial charge in [0, 0.05) is 17.8 Å². The van der Waals surface area contributed by atoms with E-state index in [2.05, 4.69) is 22.5 Å². The number of carbonyl (C=O) groups is 1. The van der Waals surface area contributed by atoms with E-state index in [-0.39, 0.29) is 23.6 Å². The first-order valence-corrected chi connectivity index (χ1v) is 9.79. The van der Waals surface area contributed by atoms with Crippen LogP contribution >= 0.6 is 0 Å². The summed E-state index contributed by atoms with van der Waals surface area (Å²) >= 11 is 0. The third kappa shape index (κ3) is 3.39. The lowest BCUT2D eigenvalue weighted by molar-refractivity contribution is -0.123. The third-order valence-corrected chi connectivity index (χ3v) is 6.47. The van der Waals surface area contributed by atoms with Gasteiger partial charge in [-0.1, -0.05) is 19.4 Å². The van der Waals surface area contributed by atoms with E-state index in [1.807, 2.05) is 13.0 Å². The molecule has 5 nitrogen and oxygen atoms in total. The van der Waals surface area contributed by atoms with E-state index in [4.69, 9.17) is 0 Å². The largest absolute Gasteiger partial charge is 0.346 e. The minimum absolute atomic E-state index is 0.0664. The number of aryl methyl sites for hydroxylation is 1. The lowest BCUT2D eigenvalue weighted by atomic mass is 9.78. The zero-order chi connectivity index (χ0) is 17.6. The van der Waals surface area contributed by atoms with Gasteiger partial charge in [-0.05, 0) is 62.3 Å². The van der Waals surface area contributed by atoms with Crippen molar-refractivity contribution in [3.63, 3.8) is 0 Å².